The summed E-state index contributed by atoms with van der Waals surface area (Å²) in [4.78, 5) is 22.4. The third-order valence-electron chi connectivity index (χ3n) is 3.51. The highest BCUT2D eigenvalue weighted by atomic mass is 16.6. The standard InChI is InChI=1S/C16H19NO5/c1-9(14(17)16(19)20)21-13(18)8-7-11-5-3-4-6-12(11)15-10(2)22-15/h3-10,14-15H,17H2,1-2H3,(H,19,20)/b8-7+/t9-,10?,14-,15?/m0/s1. The first kappa shape index (κ1) is 16.2. The first-order valence-electron chi connectivity index (χ1n) is 7.01. The van der Waals surface area contributed by atoms with Gasteiger partial charge in [0.2, 0.25) is 0 Å². The van der Waals surface area contributed by atoms with E-state index in [1.165, 1.54) is 13.0 Å². The molecule has 1 aliphatic heterocycles. The van der Waals surface area contributed by atoms with Crippen molar-refractivity contribution in [3.8, 4) is 0 Å². The van der Waals surface area contributed by atoms with Crippen LogP contribution in [0.15, 0.2) is 30.3 Å². The predicted molar refractivity (Wildman–Crippen MR) is 79.9 cm³/mol. The lowest BCUT2D eigenvalue weighted by Crippen LogP contribution is -2.42. The Labute approximate surface area is 128 Å². The second-order valence-electron chi connectivity index (χ2n) is 5.23. The summed E-state index contributed by atoms with van der Waals surface area (Å²) >= 11 is 0. The van der Waals surface area contributed by atoms with Gasteiger partial charge in [0.25, 0.3) is 0 Å². The lowest BCUT2D eigenvalue weighted by atomic mass is 10.0. The lowest BCUT2D eigenvalue weighted by molar-refractivity contribution is -0.149. The van der Waals surface area contributed by atoms with E-state index in [0.717, 1.165) is 11.1 Å². The van der Waals surface area contributed by atoms with Gasteiger partial charge in [-0.05, 0) is 31.1 Å². The van der Waals surface area contributed by atoms with E-state index >= 15 is 0 Å². The number of esters is 1. The van der Waals surface area contributed by atoms with Gasteiger partial charge in [-0.3, -0.25) is 4.79 Å². The van der Waals surface area contributed by atoms with Crippen molar-refractivity contribution in [1.82, 2.24) is 0 Å². The molecule has 0 bridgehead atoms. The minimum Gasteiger partial charge on any atom is -0.480 e. The predicted octanol–water partition coefficient (Wildman–Crippen LogP) is 1.50. The maximum atomic E-state index is 11.7. The van der Waals surface area contributed by atoms with Crippen LogP contribution in [0.1, 0.15) is 31.1 Å². The normalized spacial score (nSPS) is 23.0. The second kappa shape index (κ2) is 6.72. The molecular formula is C16H19NO5. The smallest absolute Gasteiger partial charge is 0.331 e. The van der Waals surface area contributed by atoms with Crippen LogP contribution in [0.4, 0.5) is 0 Å². The number of benzene rings is 1. The van der Waals surface area contributed by atoms with Crippen LogP contribution in [0.2, 0.25) is 0 Å². The fourth-order valence-corrected chi connectivity index (χ4v) is 2.09. The molecule has 2 rings (SSSR count). The molecule has 1 aromatic rings. The zero-order chi connectivity index (χ0) is 16.3. The Morgan fingerprint density at radius 3 is 2.64 bits per heavy atom. The fraction of sp³-hybridized carbons (Fsp3) is 0.375. The maximum Gasteiger partial charge on any atom is 0.331 e. The molecule has 0 aromatic heterocycles. The van der Waals surface area contributed by atoms with Crippen molar-refractivity contribution < 1.29 is 24.2 Å². The molecule has 3 N–H and O–H groups in total. The molecule has 6 nitrogen and oxygen atoms in total. The largest absolute Gasteiger partial charge is 0.480 e. The fourth-order valence-electron chi connectivity index (χ4n) is 2.09. The number of hydrogen-bond acceptors (Lipinski definition) is 5. The number of rotatable bonds is 6. The molecule has 22 heavy (non-hydrogen) atoms. The number of carboxylic acid groups (broad SMARTS) is 1. The van der Waals surface area contributed by atoms with Gasteiger partial charge in [0.05, 0.1) is 6.10 Å². The number of hydrogen-bond donors (Lipinski definition) is 2. The molecule has 0 aliphatic carbocycles. The van der Waals surface area contributed by atoms with Gasteiger partial charge in [0.1, 0.15) is 18.2 Å². The minimum atomic E-state index is -1.25. The van der Waals surface area contributed by atoms with Gasteiger partial charge in [0.15, 0.2) is 0 Å². The Morgan fingerprint density at radius 1 is 1.41 bits per heavy atom. The van der Waals surface area contributed by atoms with E-state index < -0.39 is 24.1 Å². The average Bonchev–Trinajstić information content (AvgIpc) is 3.21. The van der Waals surface area contributed by atoms with E-state index in [9.17, 15) is 9.59 Å². The summed E-state index contributed by atoms with van der Waals surface area (Å²) in [7, 11) is 0. The molecule has 118 valence electrons. The first-order valence-corrected chi connectivity index (χ1v) is 7.01. The molecule has 0 saturated carbocycles. The summed E-state index contributed by atoms with van der Waals surface area (Å²) in [5.41, 5.74) is 7.26. The summed E-state index contributed by atoms with van der Waals surface area (Å²) in [5.74, 6) is -1.85. The molecule has 4 atom stereocenters. The van der Waals surface area contributed by atoms with Crippen molar-refractivity contribution in [2.24, 2.45) is 5.73 Å². The van der Waals surface area contributed by atoms with Gasteiger partial charge >= 0.3 is 11.9 Å². The topological polar surface area (TPSA) is 102 Å². The molecule has 6 heteroatoms. The van der Waals surface area contributed by atoms with Gasteiger partial charge in [-0.15, -0.1) is 0 Å². The third-order valence-corrected chi connectivity index (χ3v) is 3.51. The number of epoxide rings is 1. The molecule has 2 unspecified atom stereocenters. The molecule has 1 saturated heterocycles. The summed E-state index contributed by atoms with van der Waals surface area (Å²) in [6.07, 6.45) is 2.21. The first-order chi connectivity index (χ1) is 10.4. The Kier molecular flexibility index (Phi) is 4.95. The lowest BCUT2D eigenvalue weighted by Gasteiger charge is -2.15. The molecule has 1 aliphatic rings. The van der Waals surface area contributed by atoms with Crippen LogP contribution < -0.4 is 5.73 Å². The zero-order valence-electron chi connectivity index (χ0n) is 12.4. The number of ether oxygens (including phenoxy) is 2. The SMILES string of the molecule is CC1OC1c1ccccc1/C=C/C(=O)O[C@@H](C)[C@H](N)C(=O)O. The van der Waals surface area contributed by atoms with Crippen LogP contribution in [-0.2, 0) is 19.1 Å². The van der Waals surface area contributed by atoms with Crippen LogP contribution >= 0.6 is 0 Å². The van der Waals surface area contributed by atoms with Crippen molar-refractivity contribution in [3.63, 3.8) is 0 Å². The highest BCUT2D eigenvalue weighted by Crippen LogP contribution is 2.39. The molecule has 0 spiro atoms. The number of carbonyl (C=O) groups is 2. The van der Waals surface area contributed by atoms with Crippen LogP contribution in [-0.4, -0.2) is 35.3 Å². The molecule has 1 aromatic carbocycles. The molecular weight excluding hydrogens is 286 g/mol. The highest BCUT2D eigenvalue weighted by Gasteiger charge is 2.36. The molecule has 0 radical (unpaired) electrons. The monoisotopic (exact) mass is 305 g/mol. The van der Waals surface area contributed by atoms with Crippen molar-refractivity contribution in [1.29, 1.82) is 0 Å². The maximum absolute atomic E-state index is 11.7. The van der Waals surface area contributed by atoms with Crippen molar-refractivity contribution in [2.75, 3.05) is 0 Å². The van der Waals surface area contributed by atoms with Gasteiger partial charge in [-0.2, -0.15) is 0 Å². The Morgan fingerprint density at radius 2 is 2.05 bits per heavy atom. The summed E-state index contributed by atoms with van der Waals surface area (Å²) < 4.78 is 10.4. The van der Waals surface area contributed by atoms with E-state index in [2.05, 4.69) is 0 Å². The number of carboxylic acids is 1. The Hall–Kier alpha value is -2.18. The minimum absolute atomic E-state index is 0.0521. The summed E-state index contributed by atoms with van der Waals surface area (Å²) in [6.45, 7) is 3.42. The number of aliphatic carboxylic acids is 1. The summed E-state index contributed by atoms with van der Waals surface area (Å²) in [5, 5.41) is 8.75. The van der Waals surface area contributed by atoms with Crippen molar-refractivity contribution in [2.45, 2.75) is 38.2 Å². The van der Waals surface area contributed by atoms with E-state index in [1.807, 2.05) is 31.2 Å². The summed E-state index contributed by atoms with van der Waals surface area (Å²) in [6, 6.07) is 6.35. The van der Waals surface area contributed by atoms with E-state index in [0.29, 0.717) is 0 Å². The molecule has 0 amide bonds. The Balaban J connectivity index is 2.00. The van der Waals surface area contributed by atoms with E-state index in [1.54, 1.807) is 6.08 Å². The van der Waals surface area contributed by atoms with Crippen LogP contribution in [0.5, 0.6) is 0 Å². The van der Waals surface area contributed by atoms with Crippen LogP contribution in [0.25, 0.3) is 6.08 Å². The van der Waals surface area contributed by atoms with Crippen LogP contribution in [0.3, 0.4) is 0 Å². The number of nitrogens with two attached hydrogens (primary N) is 1. The van der Waals surface area contributed by atoms with Gasteiger partial charge in [-0.1, -0.05) is 24.3 Å². The average molecular weight is 305 g/mol. The zero-order valence-corrected chi connectivity index (χ0v) is 12.4. The quantitative estimate of drug-likeness (QED) is 0.469. The van der Waals surface area contributed by atoms with Gasteiger partial charge < -0.3 is 20.3 Å². The van der Waals surface area contributed by atoms with Crippen molar-refractivity contribution >= 4 is 18.0 Å². The Bertz CT molecular complexity index is 598. The number of carbonyl (C=O) groups excluding carboxylic acids is 1. The molecule has 1 heterocycles. The van der Waals surface area contributed by atoms with Crippen LogP contribution in [0, 0.1) is 0 Å². The van der Waals surface area contributed by atoms with Crippen molar-refractivity contribution in [3.05, 3.63) is 41.5 Å². The highest BCUT2D eigenvalue weighted by molar-refractivity contribution is 5.88. The second-order valence-corrected chi connectivity index (χ2v) is 5.23. The molecule has 1 fully saturated rings. The third kappa shape index (κ3) is 3.93. The van der Waals surface area contributed by atoms with E-state index in [4.69, 9.17) is 20.3 Å². The van der Waals surface area contributed by atoms with E-state index in [-0.39, 0.29) is 12.2 Å². The van der Waals surface area contributed by atoms with Gasteiger partial charge in [0, 0.05) is 6.08 Å². The van der Waals surface area contributed by atoms with Gasteiger partial charge in [-0.25, -0.2) is 4.79 Å².